The average Bonchev–Trinajstić information content (AvgIpc) is 3.76. The Balaban J connectivity index is 1.38. The second kappa shape index (κ2) is 16.0. The molecule has 4 N–H and O–H groups in total. The van der Waals surface area contributed by atoms with E-state index in [4.69, 9.17) is 28.1 Å². The zero-order valence-electron chi connectivity index (χ0n) is 34.5. The lowest BCUT2D eigenvalue weighted by molar-refractivity contribution is -0.346. The highest BCUT2D eigenvalue weighted by molar-refractivity contribution is 5.96. The third-order valence-corrected chi connectivity index (χ3v) is 13.2. The molecule has 11 atom stereocenters. The van der Waals surface area contributed by atoms with E-state index in [-0.39, 0.29) is 41.1 Å². The molecule has 0 radical (unpaired) electrons. The van der Waals surface area contributed by atoms with Gasteiger partial charge in [-0.3, -0.25) is 19.2 Å². The number of ketones is 1. The van der Waals surface area contributed by atoms with Crippen molar-refractivity contribution in [3.8, 4) is 0 Å². The first-order valence-electron chi connectivity index (χ1n) is 20.0. The first-order valence-corrected chi connectivity index (χ1v) is 20.0. The number of aliphatic hydroxyl groups is 3. The molecular formula is C45H49NO15. The Kier molecular flexibility index (Phi) is 11.4. The normalized spacial score (nSPS) is 32.2. The van der Waals surface area contributed by atoms with Crippen LogP contribution in [0.1, 0.15) is 86.9 Å². The summed E-state index contributed by atoms with van der Waals surface area (Å²) in [6.07, 6.45) is -9.38. The fourth-order valence-corrected chi connectivity index (χ4v) is 9.95. The van der Waals surface area contributed by atoms with Gasteiger partial charge in [0.15, 0.2) is 23.6 Å². The molecule has 2 heterocycles. The van der Waals surface area contributed by atoms with Crippen LogP contribution in [0.25, 0.3) is 0 Å². The highest BCUT2D eigenvalue weighted by atomic mass is 16.6. The molecule has 3 fully saturated rings. The second-order valence-electron chi connectivity index (χ2n) is 17.0. The van der Waals surface area contributed by atoms with Gasteiger partial charge in [-0.05, 0) is 61.4 Å². The summed E-state index contributed by atoms with van der Waals surface area (Å²) in [4.78, 5) is 83.1. The standard InChI is InChI=1S/C45H49NO15/c1-23-29(59-41(54)34(50)33(28-18-13-19-56-28)46-39(52)26-14-9-7-10-15-26)21-45(55)38(60-40(53)27-16-11-8-12-17-27)36-43(6,30(49)20-31-44(36,22-57-31)61-25(3)48)37(51)35(58-24(2)47)32(23)42(45,4)5/h7-19,29-31,33-36,38,49-50,55H,20-22H2,1-6H3,(H,46,52)/t29-,30-,31+,33-,34+,35+,36-,38-,43+,44-,45+/m0/s1. The molecule has 0 unspecified atom stereocenters. The number of carbonyl (C=O) groups is 6. The molecule has 3 aliphatic carbocycles. The zero-order chi connectivity index (χ0) is 44.2. The van der Waals surface area contributed by atoms with E-state index in [9.17, 15) is 39.3 Å². The van der Waals surface area contributed by atoms with Crippen LogP contribution < -0.4 is 5.32 Å². The van der Waals surface area contributed by atoms with Crippen LogP contribution in [0.2, 0.25) is 0 Å². The topological polar surface area (TPSA) is 234 Å². The second-order valence-corrected chi connectivity index (χ2v) is 17.0. The molecule has 3 aromatic rings. The van der Waals surface area contributed by atoms with Crippen molar-refractivity contribution in [2.75, 3.05) is 6.61 Å². The number of rotatable bonds is 10. The molecule has 1 aromatic heterocycles. The van der Waals surface area contributed by atoms with Crippen LogP contribution in [0.3, 0.4) is 0 Å². The van der Waals surface area contributed by atoms with Gasteiger partial charge in [-0.25, -0.2) is 9.59 Å². The van der Waals surface area contributed by atoms with Crippen LogP contribution in [-0.4, -0.2) is 105 Å². The molecule has 1 saturated heterocycles. The van der Waals surface area contributed by atoms with Crippen molar-refractivity contribution in [3.05, 3.63) is 107 Å². The summed E-state index contributed by atoms with van der Waals surface area (Å²) < 4.78 is 35.6. The first-order chi connectivity index (χ1) is 28.8. The monoisotopic (exact) mass is 843 g/mol. The average molecular weight is 844 g/mol. The van der Waals surface area contributed by atoms with Crippen LogP contribution >= 0.6 is 0 Å². The smallest absolute Gasteiger partial charge is 0.338 e. The minimum Gasteiger partial charge on any atom is -0.467 e. The Morgan fingerprint density at radius 1 is 0.869 bits per heavy atom. The number of furan rings is 1. The lowest BCUT2D eigenvalue weighted by Gasteiger charge is -2.67. The van der Waals surface area contributed by atoms with Crippen LogP contribution in [0.15, 0.2) is 94.6 Å². The Bertz CT molecular complexity index is 2240. The summed E-state index contributed by atoms with van der Waals surface area (Å²) in [6, 6.07) is 17.3. The number of aliphatic hydroxyl groups excluding tert-OH is 2. The van der Waals surface area contributed by atoms with E-state index >= 15 is 4.79 Å². The van der Waals surface area contributed by atoms with Crippen molar-refractivity contribution in [2.24, 2.45) is 16.7 Å². The van der Waals surface area contributed by atoms with Gasteiger partial charge in [0.1, 0.15) is 35.7 Å². The van der Waals surface area contributed by atoms with E-state index in [1.54, 1.807) is 50.2 Å². The van der Waals surface area contributed by atoms with Crippen LogP contribution in [0.5, 0.6) is 0 Å². The molecule has 7 rings (SSSR count). The molecule has 2 saturated carbocycles. The Labute approximate surface area is 351 Å². The van der Waals surface area contributed by atoms with Crippen LogP contribution in [0, 0.1) is 16.7 Å². The molecule has 1 amide bonds. The minimum absolute atomic E-state index is 0.00830. The number of Topliss-reactive ketones (excluding diaryl/α,β-unsaturated/α-hetero) is 1. The molecule has 2 bridgehead atoms. The van der Waals surface area contributed by atoms with E-state index < -0.39 is 113 Å². The zero-order valence-corrected chi connectivity index (χ0v) is 34.5. The predicted octanol–water partition coefficient (Wildman–Crippen LogP) is 3.33. The van der Waals surface area contributed by atoms with E-state index in [0.29, 0.717) is 0 Å². The predicted molar refractivity (Wildman–Crippen MR) is 210 cm³/mol. The number of hydrogen-bond donors (Lipinski definition) is 4. The summed E-state index contributed by atoms with van der Waals surface area (Å²) >= 11 is 0. The maximum absolute atomic E-state index is 15.4. The van der Waals surface area contributed by atoms with Gasteiger partial charge in [0, 0.05) is 37.7 Å². The van der Waals surface area contributed by atoms with Gasteiger partial charge in [-0.2, -0.15) is 0 Å². The van der Waals surface area contributed by atoms with Crippen molar-refractivity contribution >= 4 is 35.6 Å². The minimum atomic E-state index is -2.40. The molecule has 16 heteroatoms. The SMILES string of the molecule is CC(=O)O[C@H]1C(=O)[C@@]2(C)[C@H]([C@H](OC(=O)c3ccccc3)[C@]3(O)C[C@H](OC(=O)[C@H](O)[C@@H](NC(=O)c4ccccc4)c4ccco4)C(C)=C1C3(C)C)[C@]1(OC(C)=O)CO[C@@H]1C[C@@H]2O. The fourth-order valence-electron chi connectivity index (χ4n) is 9.95. The van der Waals surface area contributed by atoms with Gasteiger partial charge in [0.05, 0.1) is 35.9 Å². The molecule has 2 aromatic carbocycles. The Morgan fingerprint density at radius 3 is 2.07 bits per heavy atom. The number of hydrogen-bond acceptors (Lipinski definition) is 15. The van der Waals surface area contributed by atoms with Crippen molar-refractivity contribution in [1.29, 1.82) is 0 Å². The van der Waals surface area contributed by atoms with Crippen molar-refractivity contribution in [3.63, 3.8) is 0 Å². The summed E-state index contributed by atoms with van der Waals surface area (Å²) in [5, 5.41) is 39.9. The number of amides is 1. The fraction of sp³-hybridized carbons (Fsp3) is 0.467. The summed E-state index contributed by atoms with van der Waals surface area (Å²) in [5.74, 6) is -6.98. The van der Waals surface area contributed by atoms with E-state index in [1.165, 1.54) is 56.5 Å². The molecule has 324 valence electrons. The maximum atomic E-state index is 15.4. The molecule has 1 aliphatic heterocycles. The van der Waals surface area contributed by atoms with E-state index in [0.717, 1.165) is 13.8 Å². The molecule has 16 nitrogen and oxygen atoms in total. The van der Waals surface area contributed by atoms with E-state index in [2.05, 4.69) is 5.32 Å². The summed E-state index contributed by atoms with van der Waals surface area (Å²) in [5.41, 5.74) is -7.50. The number of nitrogens with one attached hydrogen (secondary N) is 1. The number of esters is 4. The lowest BCUT2D eigenvalue weighted by Crippen LogP contribution is -2.82. The van der Waals surface area contributed by atoms with Crippen molar-refractivity contribution in [1.82, 2.24) is 5.32 Å². The highest BCUT2D eigenvalue weighted by Gasteiger charge is 2.78. The van der Waals surface area contributed by atoms with Gasteiger partial charge in [-0.15, -0.1) is 0 Å². The highest BCUT2D eigenvalue weighted by Crippen LogP contribution is 2.64. The number of ether oxygens (including phenoxy) is 5. The number of benzene rings is 2. The Hall–Kier alpha value is -5.68. The van der Waals surface area contributed by atoms with Gasteiger partial charge in [-0.1, -0.05) is 50.2 Å². The van der Waals surface area contributed by atoms with Gasteiger partial charge in [0.25, 0.3) is 5.91 Å². The first kappa shape index (κ1) is 43.4. The quantitative estimate of drug-likeness (QED) is 0.130. The van der Waals surface area contributed by atoms with Crippen LogP contribution in [0.4, 0.5) is 0 Å². The summed E-state index contributed by atoms with van der Waals surface area (Å²) in [7, 11) is 0. The molecule has 0 spiro atoms. The Morgan fingerprint density at radius 2 is 1.51 bits per heavy atom. The molecular weight excluding hydrogens is 794 g/mol. The third kappa shape index (κ3) is 7.14. The van der Waals surface area contributed by atoms with Crippen LogP contribution in [-0.2, 0) is 42.9 Å². The van der Waals surface area contributed by atoms with Gasteiger partial charge < -0.3 is 48.7 Å². The maximum Gasteiger partial charge on any atom is 0.338 e. The number of fused-ring (bicyclic) bond motifs is 5. The van der Waals surface area contributed by atoms with Gasteiger partial charge in [0.2, 0.25) is 0 Å². The number of carbonyl (C=O) groups excluding carboxylic acids is 6. The summed E-state index contributed by atoms with van der Waals surface area (Å²) in [6.45, 7) is 7.90. The van der Waals surface area contributed by atoms with Crippen molar-refractivity contribution < 1.29 is 72.2 Å². The molecule has 61 heavy (non-hydrogen) atoms. The largest absolute Gasteiger partial charge is 0.467 e. The lowest BCUT2D eigenvalue weighted by atomic mass is 9.44. The molecule has 4 aliphatic rings. The third-order valence-electron chi connectivity index (χ3n) is 13.2. The van der Waals surface area contributed by atoms with Gasteiger partial charge >= 0.3 is 23.9 Å². The van der Waals surface area contributed by atoms with Crippen molar-refractivity contribution in [2.45, 2.75) is 108 Å². The van der Waals surface area contributed by atoms with E-state index in [1.807, 2.05) is 0 Å².